The number of amides is 1. The highest BCUT2D eigenvalue weighted by atomic mass is 35.5. The van der Waals surface area contributed by atoms with Crippen LogP contribution in [0.25, 0.3) is 5.69 Å². The second kappa shape index (κ2) is 10.2. The minimum atomic E-state index is -4.79. The summed E-state index contributed by atoms with van der Waals surface area (Å²) in [5.41, 5.74) is 2.02. The molecule has 6 nitrogen and oxygen atoms in total. The Morgan fingerprint density at radius 1 is 1.06 bits per heavy atom. The number of hydrogen-bond donors (Lipinski definition) is 2. The number of aromatic nitrogens is 2. The van der Waals surface area contributed by atoms with E-state index in [9.17, 15) is 22.4 Å². The first-order valence-corrected chi connectivity index (χ1v) is 10.0. The molecule has 2 aromatic carbocycles. The zero-order valence-corrected chi connectivity index (χ0v) is 18.0. The van der Waals surface area contributed by atoms with E-state index in [-0.39, 0.29) is 29.9 Å². The zero-order chi connectivity index (χ0) is 22.7. The van der Waals surface area contributed by atoms with E-state index in [2.05, 4.69) is 20.5 Å². The van der Waals surface area contributed by atoms with E-state index in [0.717, 1.165) is 38.1 Å². The molecule has 0 bridgehead atoms. The van der Waals surface area contributed by atoms with Crippen LogP contribution in [-0.4, -0.2) is 35.1 Å². The number of rotatable bonds is 5. The number of anilines is 1. The Morgan fingerprint density at radius 2 is 1.70 bits per heavy atom. The smallest absolute Gasteiger partial charge is 0.406 e. The lowest BCUT2D eigenvalue weighted by atomic mass is 9.91. The third-order valence-electron chi connectivity index (χ3n) is 5.19. The minimum absolute atomic E-state index is 0. The first-order chi connectivity index (χ1) is 15.3. The molecule has 1 fully saturated rings. The van der Waals surface area contributed by atoms with Crippen LogP contribution in [0.3, 0.4) is 0 Å². The van der Waals surface area contributed by atoms with E-state index in [0.29, 0.717) is 22.6 Å². The Morgan fingerprint density at radius 3 is 2.30 bits per heavy atom. The van der Waals surface area contributed by atoms with Crippen molar-refractivity contribution in [3.8, 4) is 11.4 Å². The maximum atomic E-state index is 13.4. The molecule has 1 saturated heterocycles. The molecule has 33 heavy (non-hydrogen) atoms. The summed E-state index contributed by atoms with van der Waals surface area (Å²) in [7, 11) is 0. The van der Waals surface area contributed by atoms with E-state index < -0.39 is 12.3 Å². The van der Waals surface area contributed by atoms with Gasteiger partial charge in [-0.3, -0.25) is 4.79 Å². The van der Waals surface area contributed by atoms with E-state index in [1.807, 2.05) is 0 Å². The number of halogens is 5. The van der Waals surface area contributed by atoms with E-state index in [4.69, 9.17) is 0 Å². The summed E-state index contributed by atoms with van der Waals surface area (Å²) in [6, 6.07) is 10.7. The molecular formula is C22H21ClF4N4O2. The SMILES string of the molecule is Cl.O=C(Nc1ccc(OC(F)(F)F)cc1)c1cnn(-c2ccc(F)cc2)c1C1CCNCC1. The van der Waals surface area contributed by atoms with Gasteiger partial charge < -0.3 is 15.4 Å². The Balaban J connectivity index is 0.00000306. The maximum Gasteiger partial charge on any atom is 0.573 e. The van der Waals surface area contributed by atoms with Crippen molar-refractivity contribution in [2.24, 2.45) is 0 Å². The lowest BCUT2D eigenvalue weighted by Crippen LogP contribution is -2.29. The van der Waals surface area contributed by atoms with Crippen LogP contribution in [-0.2, 0) is 0 Å². The van der Waals surface area contributed by atoms with Gasteiger partial charge in [0.15, 0.2) is 0 Å². The molecule has 4 rings (SSSR count). The fraction of sp³-hybridized carbons (Fsp3) is 0.273. The highest BCUT2D eigenvalue weighted by Crippen LogP contribution is 2.31. The average Bonchev–Trinajstić information content (AvgIpc) is 3.20. The van der Waals surface area contributed by atoms with Gasteiger partial charge in [-0.05, 0) is 74.5 Å². The van der Waals surface area contributed by atoms with Crippen molar-refractivity contribution < 1.29 is 27.1 Å². The Hall–Kier alpha value is -3.11. The molecule has 3 aromatic rings. The summed E-state index contributed by atoms with van der Waals surface area (Å²) in [6.45, 7) is 1.59. The number of piperidine rings is 1. The number of ether oxygens (including phenoxy) is 1. The van der Waals surface area contributed by atoms with E-state index >= 15 is 0 Å². The van der Waals surface area contributed by atoms with E-state index in [1.165, 1.54) is 30.5 Å². The third kappa shape index (κ3) is 6.02. The topological polar surface area (TPSA) is 68.2 Å². The van der Waals surface area contributed by atoms with Crippen LogP contribution in [0.15, 0.2) is 54.7 Å². The highest BCUT2D eigenvalue weighted by molar-refractivity contribution is 6.05. The lowest BCUT2D eigenvalue weighted by molar-refractivity contribution is -0.274. The van der Waals surface area contributed by atoms with Gasteiger partial charge in [-0.15, -0.1) is 25.6 Å². The molecule has 2 heterocycles. The van der Waals surface area contributed by atoms with Gasteiger partial charge >= 0.3 is 6.36 Å². The van der Waals surface area contributed by atoms with Crippen molar-refractivity contribution in [3.63, 3.8) is 0 Å². The molecule has 0 atom stereocenters. The van der Waals surface area contributed by atoms with Crippen molar-refractivity contribution in [2.45, 2.75) is 25.1 Å². The average molecular weight is 485 g/mol. The Kier molecular flexibility index (Phi) is 7.60. The number of nitrogens with zero attached hydrogens (tertiary/aromatic N) is 2. The van der Waals surface area contributed by atoms with E-state index in [1.54, 1.807) is 16.8 Å². The van der Waals surface area contributed by atoms with Gasteiger partial charge in [-0.25, -0.2) is 9.07 Å². The second-order valence-electron chi connectivity index (χ2n) is 7.38. The molecule has 2 N–H and O–H groups in total. The van der Waals surface area contributed by atoms with Crippen molar-refractivity contribution in [3.05, 3.63) is 71.8 Å². The standard InChI is InChI=1S/C22H20F4N4O2.ClH/c23-15-1-5-17(6-2-15)30-20(14-9-11-27-12-10-14)19(13-28-30)21(31)29-16-3-7-18(8-4-16)32-22(24,25)26;/h1-8,13-14,27H,9-12H2,(H,29,31);1H. The van der Waals surface area contributed by atoms with Crippen molar-refractivity contribution in [1.82, 2.24) is 15.1 Å². The summed E-state index contributed by atoms with van der Waals surface area (Å²) in [6.07, 6.45) is -1.73. The molecule has 1 aliphatic rings. The summed E-state index contributed by atoms with van der Waals surface area (Å²) >= 11 is 0. The summed E-state index contributed by atoms with van der Waals surface area (Å²) in [4.78, 5) is 13.0. The van der Waals surface area contributed by atoms with Gasteiger partial charge in [-0.2, -0.15) is 5.10 Å². The molecular weight excluding hydrogens is 464 g/mol. The van der Waals surface area contributed by atoms with Gasteiger partial charge in [0, 0.05) is 11.6 Å². The molecule has 1 amide bonds. The first-order valence-electron chi connectivity index (χ1n) is 10.0. The predicted octanol–water partition coefficient (Wildman–Crippen LogP) is 5.05. The van der Waals surface area contributed by atoms with Crippen molar-refractivity contribution in [2.75, 3.05) is 18.4 Å². The molecule has 1 aliphatic heterocycles. The number of carbonyl (C=O) groups excluding carboxylic acids is 1. The fourth-order valence-corrected chi connectivity index (χ4v) is 3.75. The maximum absolute atomic E-state index is 13.4. The van der Waals surface area contributed by atoms with Crippen LogP contribution < -0.4 is 15.4 Å². The van der Waals surface area contributed by atoms with Gasteiger partial charge in [0.2, 0.25) is 0 Å². The summed E-state index contributed by atoms with van der Waals surface area (Å²) < 4.78 is 55.9. The fourth-order valence-electron chi connectivity index (χ4n) is 3.75. The summed E-state index contributed by atoms with van der Waals surface area (Å²) in [5, 5.41) is 10.4. The Bertz CT molecular complexity index is 1080. The third-order valence-corrected chi connectivity index (χ3v) is 5.19. The van der Waals surface area contributed by atoms with Gasteiger partial charge in [0.1, 0.15) is 11.6 Å². The van der Waals surface area contributed by atoms with Crippen molar-refractivity contribution >= 4 is 24.0 Å². The lowest BCUT2D eigenvalue weighted by Gasteiger charge is -2.24. The van der Waals surface area contributed by atoms with Crippen LogP contribution in [0.1, 0.15) is 34.8 Å². The molecule has 0 saturated carbocycles. The summed E-state index contributed by atoms with van der Waals surface area (Å²) in [5.74, 6) is -1.13. The Labute approximate surface area is 193 Å². The van der Waals surface area contributed by atoms with Crippen LogP contribution in [0, 0.1) is 5.82 Å². The zero-order valence-electron chi connectivity index (χ0n) is 17.2. The molecule has 11 heteroatoms. The molecule has 176 valence electrons. The van der Waals surface area contributed by atoms with Crippen molar-refractivity contribution in [1.29, 1.82) is 0 Å². The quantitative estimate of drug-likeness (QED) is 0.497. The molecule has 1 aromatic heterocycles. The number of carbonyl (C=O) groups is 1. The molecule has 0 radical (unpaired) electrons. The number of alkyl halides is 3. The molecule has 0 unspecified atom stereocenters. The monoisotopic (exact) mass is 484 g/mol. The molecule has 0 aliphatic carbocycles. The first kappa shape index (κ1) is 24.5. The van der Waals surface area contributed by atoms with Gasteiger partial charge in [0.05, 0.1) is 23.1 Å². The van der Waals surface area contributed by atoms with Crippen LogP contribution >= 0.6 is 12.4 Å². The minimum Gasteiger partial charge on any atom is -0.406 e. The van der Waals surface area contributed by atoms with Crippen LogP contribution in [0.4, 0.5) is 23.2 Å². The number of hydrogen-bond acceptors (Lipinski definition) is 4. The predicted molar refractivity (Wildman–Crippen MR) is 117 cm³/mol. The second-order valence-corrected chi connectivity index (χ2v) is 7.38. The number of benzene rings is 2. The van der Waals surface area contributed by atoms with Gasteiger partial charge in [-0.1, -0.05) is 0 Å². The largest absolute Gasteiger partial charge is 0.573 e. The molecule has 0 spiro atoms. The normalized spacial score (nSPS) is 14.4. The van der Waals surface area contributed by atoms with Crippen LogP contribution in [0.5, 0.6) is 5.75 Å². The van der Waals surface area contributed by atoms with Gasteiger partial charge in [0.25, 0.3) is 5.91 Å². The van der Waals surface area contributed by atoms with Crippen LogP contribution in [0.2, 0.25) is 0 Å². The number of nitrogens with one attached hydrogen (secondary N) is 2. The highest BCUT2D eigenvalue weighted by Gasteiger charge is 2.31.